The summed E-state index contributed by atoms with van der Waals surface area (Å²) in [5.41, 5.74) is 0. The van der Waals surface area contributed by atoms with Gasteiger partial charge in [0.25, 0.3) is 8.25 Å². The van der Waals surface area contributed by atoms with Gasteiger partial charge in [0.05, 0.1) is 0 Å². The van der Waals surface area contributed by atoms with Gasteiger partial charge in [-0.2, -0.15) is 0 Å². The molecule has 0 bridgehead atoms. The van der Waals surface area contributed by atoms with Crippen LogP contribution in [0.2, 0.25) is 0 Å². The van der Waals surface area contributed by atoms with Gasteiger partial charge in [-0.15, -0.1) is 0 Å². The van der Waals surface area contributed by atoms with Crippen LogP contribution in [-0.4, -0.2) is 49.0 Å². The third kappa shape index (κ3) is 106. The Morgan fingerprint density at radius 2 is 1.60 bits per heavy atom. The van der Waals surface area contributed by atoms with E-state index in [1.165, 1.54) is 6.42 Å². The largest absolute Gasteiger partial charge is 2.00 e. The molecule has 0 spiro atoms. The maximum atomic E-state index is 8.48. The number of hydrogen-bond acceptors (Lipinski definition) is 4. The third-order valence-electron chi connectivity index (χ3n) is 0.250. The van der Waals surface area contributed by atoms with Crippen LogP contribution in [-0.2, 0) is 17.2 Å². The first-order valence-corrected chi connectivity index (χ1v) is 3.91. The molecule has 4 nitrogen and oxygen atoms in total. The summed E-state index contributed by atoms with van der Waals surface area (Å²) in [5, 5.41) is 0. The fourth-order valence-electron chi connectivity index (χ4n) is 0. The predicted molar refractivity (Wildman–Crippen MR) is 40.6 cm³/mol. The predicted octanol–water partition coefficient (Wildman–Crippen LogP) is -1.79. The van der Waals surface area contributed by atoms with Crippen molar-refractivity contribution in [3.05, 3.63) is 0 Å². The standard InChI is InChI=1S/C3H8S.Ca.HO3P.H2O/c1-2-3-4;;1-4(2)3;/h4H,2-3H2,1H3;;(H,1,2,3);1H2/q;+2;;/p-1. The third-order valence-corrected chi connectivity index (χ3v) is 0.750. The second kappa shape index (κ2) is 22.4. The van der Waals surface area contributed by atoms with Gasteiger partial charge < -0.3 is 15.3 Å². The summed E-state index contributed by atoms with van der Waals surface area (Å²) in [4.78, 5) is 17.0. The van der Waals surface area contributed by atoms with Gasteiger partial charge >= 0.3 is 37.7 Å². The molecule has 0 aliphatic carbocycles. The van der Waals surface area contributed by atoms with Crippen LogP contribution < -0.4 is 9.79 Å². The minimum Gasteiger partial charge on any atom is -0.870 e. The Labute approximate surface area is 96.7 Å². The van der Waals surface area contributed by atoms with Gasteiger partial charge in [-0.05, 0) is 19.0 Å². The molecule has 0 saturated carbocycles. The summed E-state index contributed by atoms with van der Waals surface area (Å²) in [6.07, 6.45) is 1.23. The van der Waals surface area contributed by atoms with E-state index >= 15 is 0 Å². The maximum absolute atomic E-state index is 8.48. The molecule has 0 rings (SSSR count). The monoisotopic (exact) mass is 213 g/mol. The van der Waals surface area contributed by atoms with E-state index in [-0.39, 0.29) is 43.2 Å². The van der Waals surface area contributed by atoms with E-state index in [0.717, 1.165) is 5.75 Å². The average molecular weight is 213 g/mol. The van der Waals surface area contributed by atoms with Crippen molar-refractivity contribution in [1.82, 2.24) is 0 Å². The summed E-state index contributed by atoms with van der Waals surface area (Å²) in [6, 6.07) is 0. The summed E-state index contributed by atoms with van der Waals surface area (Å²) in [7, 11) is -3.37. The zero-order chi connectivity index (χ0) is 6.99. The van der Waals surface area contributed by atoms with Crippen LogP contribution in [0.5, 0.6) is 0 Å². The average Bonchev–Trinajstić information content (AvgIpc) is 1.65. The molecular weight excluding hydrogens is 203 g/mol. The Balaban J connectivity index is -0.0000000300. The Morgan fingerprint density at radius 1 is 1.50 bits per heavy atom. The fraction of sp³-hybridized carbons (Fsp3) is 1.00. The van der Waals surface area contributed by atoms with Crippen LogP contribution in [0.3, 0.4) is 0 Å². The molecule has 1 N–H and O–H groups in total. The van der Waals surface area contributed by atoms with Gasteiger partial charge in [-0.3, -0.25) is 0 Å². The van der Waals surface area contributed by atoms with Crippen LogP contribution in [0.25, 0.3) is 0 Å². The normalized spacial score (nSPS) is 5.60. The zero-order valence-corrected chi connectivity index (χ0v) is 9.84. The zero-order valence-electron chi connectivity index (χ0n) is 5.74. The van der Waals surface area contributed by atoms with Crippen LogP contribution in [0, 0.1) is 0 Å². The molecular formula is C3H10CaO4PS+. The van der Waals surface area contributed by atoms with Crippen LogP contribution in [0.1, 0.15) is 13.3 Å². The van der Waals surface area contributed by atoms with Gasteiger partial charge in [0.1, 0.15) is 5.75 Å². The summed E-state index contributed by atoms with van der Waals surface area (Å²) < 4.78 is 8.48. The minimum atomic E-state index is -3.37. The Hall–Kier alpha value is 1.59. The van der Waals surface area contributed by atoms with Crippen molar-refractivity contribution in [2.24, 2.45) is 0 Å². The van der Waals surface area contributed by atoms with E-state index in [1.807, 2.05) is 0 Å². The van der Waals surface area contributed by atoms with Crippen molar-refractivity contribution in [3.8, 4) is 0 Å². The van der Waals surface area contributed by atoms with Gasteiger partial charge in [0, 0.05) is 0 Å². The quantitative estimate of drug-likeness (QED) is 0.292. The van der Waals surface area contributed by atoms with E-state index < -0.39 is 8.25 Å². The molecule has 0 aromatic heterocycles. The van der Waals surface area contributed by atoms with Crippen LogP contribution in [0.4, 0.5) is 0 Å². The van der Waals surface area contributed by atoms with Crippen molar-refractivity contribution in [2.75, 3.05) is 5.75 Å². The molecule has 0 aliphatic rings. The van der Waals surface area contributed by atoms with Crippen LogP contribution >= 0.6 is 8.25 Å². The van der Waals surface area contributed by atoms with Crippen LogP contribution in [0.15, 0.2) is 0 Å². The molecule has 0 heterocycles. The minimum absolute atomic E-state index is 0. The maximum Gasteiger partial charge on any atom is 2.00 e. The van der Waals surface area contributed by atoms with Crippen molar-refractivity contribution < 1.29 is 19.8 Å². The Morgan fingerprint density at radius 3 is 1.60 bits per heavy atom. The van der Waals surface area contributed by atoms with E-state index in [9.17, 15) is 0 Å². The first-order chi connectivity index (χ1) is 3.65. The molecule has 7 heteroatoms. The van der Waals surface area contributed by atoms with E-state index in [0.29, 0.717) is 0 Å². The Kier molecular flexibility index (Phi) is 50.6. The second-order valence-corrected chi connectivity index (χ2v) is 1.92. The Bertz CT molecular complexity index is 58.5. The van der Waals surface area contributed by atoms with Gasteiger partial charge in [-0.25, -0.2) is 0 Å². The summed E-state index contributed by atoms with van der Waals surface area (Å²) in [6.45, 7) is 2.13. The molecule has 0 radical (unpaired) electrons. The SMILES string of the molecule is CCC[SH2+].O=[P+]([O-])[O-].[Ca+2].[OH-]. The van der Waals surface area contributed by atoms with Gasteiger partial charge in [-0.1, -0.05) is 11.5 Å². The molecule has 10 heavy (non-hydrogen) atoms. The van der Waals surface area contributed by atoms with Crippen molar-refractivity contribution in [2.45, 2.75) is 13.3 Å². The van der Waals surface area contributed by atoms with E-state index in [1.54, 1.807) is 0 Å². The molecule has 0 aromatic rings. The van der Waals surface area contributed by atoms with Gasteiger partial charge in [0.2, 0.25) is 0 Å². The van der Waals surface area contributed by atoms with E-state index in [2.05, 4.69) is 19.6 Å². The summed E-state index contributed by atoms with van der Waals surface area (Å²) in [5.74, 6) is 1.12. The molecule has 0 aromatic carbocycles. The number of hydrogen-bond donors (Lipinski definition) is 0. The number of rotatable bonds is 1. The van der Waals surface area contributed by atoms with Crippen molar-refractivity contribution >= 4 is 58.6 Å². The van der Waals surface area contributed by atoms with E-state index in [4.69, 9.17) is 14.4 Å². The van der Waals surface area contributed by atoms with Crippen molar-refractivity contribution in [1.29, 1.82) is 0 Å². The first kappa shape index (κ1) is 22.6. The molecule has 0 aliphatic heterocycles. The van der Waals surface area contributed by atoms with Crippen molar-refractivity contribution in [3.63, 3.8) is 0 Å². The molecule has 0 saturated heterocycles. The fourth-order valence-corrected chi connectivity index (χ4v) is 0. The molecule has 58 valence electrons. The molecule has 0 fully saturated rings. The molecule has 0 amide bonds. The second-order valence-electron chi connectivity index (χ2n) is 0.974. The topological polar surface area (TPSA) is 93.2 Å². The summed E-state index contributed by atoms with van der Waals surface area (Å²) >= 11 is 3.29. The molecule has 0 unspecified atom stereocenters. The first-order valence-electron chi connectivity index (χ1n) is 2.11. The van der Waals surface area contributed by atoms with Gasteiger partial charge in [0.15, 0.2) is 0 Å². The smallest absolute Gasteiger partial charge is 0.870 e. The molecule has 0 atom stereocenters.